The van der Waals surface area contributed by atoms with Gasteiger partial charge in [0.25, 0.3) is 0 Å². The van der Waals surface area contributed by atoms with Crippen LogP contribution in [0.5, 0.6) is 0 Å². The molecule has 0 N–H and O–H groups in total. The van der Waals surface area contributed by atoms with Crippen molar-refractivity contribution >= 4 is 8.78 Å². The quantitative estimate of drug-likeness (QED) is 0.442. The van der Waals surface area contributed by atoms with E-state index in [1.807, 2.05) is 0 Å². The van der Waals surface area contributed by atoms with Crippen LogP contribution in [0.4, 0.5) is 0 Å². The van der Waals surface area contributed by atoms with E-state index in [0.29, 0.717) is 0 Å². The molecule has 0 radical (unpaired) electrons. The van der Waals surface area contributed by atoms with Crippen LogP contribution in [-0.4, -0.2) is 3.21 Å². The second kappa shape index (κ2) is 9.23. The van der Waals surface area contributed by atoms with E-state index in [1.165, 1.54) is 36.6 Å². The summed E-state index contributed by atoms with van der Waals surface area (Å²) in [6.07, 6.45) is 8.60. The van der Waals surface area contributed by atoms with Gasteiger partial charge in [0.1, 0.15) is 0 Å². The number of fused-ring (bicyclic) bond motifs is 3. The van der Waals surface area contributed by atoms with Crippen LogP contribution in [0, 0.1) is 20.9 Å². The maximum atomic E-state index is 3.61. The fourth-order valence-corrected chi connectivity index (χ4v) is 2.89. The molecule has 124 valence electrons. The summed E-state index contributed by atoms with van der Waals surface area (Å²) in [6.45, 7) is 4.25. The third kappa shape index (κ3) is 4.61. The summed E-state index contributed by atoms with van der Waals surface area (Å²) in [5, 5.41) is 0. The van der Waals surface area contributed by atoms with E-state index in [-0.39, 0.29) is 14.9 Å². The SMILES string of the molecule is C[C](C)=[Zr].[CH3-].[CH3-].[c-]1c(C2=CC=CC2)ccc2c1Cc1ccccc1-2. The summed E-state index contributed by atoms with van der Waals surface area (Å²) < 4.78 is 1.51. The molecule has 2 aliphatic carbocycles. The minimum atomic E-state index is 0. The van der Waals surface area contributed by atoms with Crippen molar-refractivity contribution in [2.45, 2.75) is 26.7 Å². The van der Waals surface area contributed by atoms with Crippen LogP contribution < -0.4 is 0 Å². The molecule has 0 bridgehead atoms. The largest absolute Gasteiger partial charge is 0.358 e. The van der Waals surface area contributed by atoms with Crippen LogP contribution in [0.25, 0.3) is 16.7 Å². The molecule has 0 unspecified atom stereocenters. The maximum Gasteiger partial charge on any atom is -0.0195 e. The van der Waals surface area contributed by atoms with Gasteiger partial charge in [0.05, 0.1) is 0 Å². The molecule has 0 saturated carbocycles. The topological polar surface area (TPSA) is 0 Å². The molecule has 0 saturated heterocycles. The number of benzene rings is 2. The van der Waals surface area contributed by atoms with Gasteiger partial charge in [-0.25, -0.2) is 0 Å². The molecule has 0 heterocycles. The minimum absolute atomic E-state index is 0. The summed E-state index contributed by atoms with van der Waals surface area (Å²) >= 11 is 1.55. The van der Waals surface area contributed by atoms with Gasteiger partial charge >= 0.3 is 41.3 Å². The van der Waals surface area contributed by atoms with Crippen LogP contribution in [0.15, 0.2) is 54.6 Å². The molecule has 2 aromatic rings. The number of rotatable bonds is 1. The molecule has 1 heteroatoms. The standard InChI is InChI=1S/C18H13.C3H6.2CH3.Zr/c1-2-6-13(5-1)14-9-10-18-16(11-14)12-15-7-3-4-8-17(15)18;1-3-2;;;/h1-5,7-10H,6,12H2;1-2H3;2*1H3;/q-1;;2*-1;. The van der Waals surface area contributed by atoms with Crippen LogP contribution in [0.2, 0.25) is 0 Å². The zero-order valence-corrected chi connectivity index (χ0v) is 17.6. The van der Waals surface area contributed by atoms with Crippen molar-refractivity contribution in [1.82, 2.24) is 0 Å². The van der Waals surface area contributed by atoms with Crippen molar-refractivity contribution in [3.63, 3.8) is 0 Å². The van der Waals surface area contributed by atoms with Crippen molar-refractivity contribution in [2.24, 2.45) is 0 Å². The normalized spacial score (nSPS) is 12.6. The van der Waals surface area contributed by atoms with E-state index in [1.54, 1.807) is 24.2 Å². The zero-order valence-electron chi connectivity index (χ0n) is 15.1. The van der Waals surface area contributed by atoms with E-state index in [2.05, 4.69) is 74.5 Å². The van der Waals surface area contributed by atoms with Crippen molar-refractivity contribution in [3.05, 3.63) is 92.2 Å². The van der Waals surface area contributed by atoms with E-state index < -0.39 is 0 Å². The molecule has 0 nitrogen and oxygen atoms in total. The average molecular weight is 393 g/mol. The van der Waals surface area contributed by atoms with Crippen LogP contribution >= 0.6 is 0 Å². The van der Waals surface area contributed by atoms with Crippen molar-refractivity contribution in [3.8, 4) is 11.1 Å². The van der Waals surface area contributed by atoms with Crippen molar-refractivity contribution in [2.75, 3.05) is 0 Å². The first kappa shape index (κ1) is 20.7. The van der Waals surface area contributed by atoms with Gasteiger partial charge in [-0.1, -0.05) is 47.5 Å². The Morgan fingerprint density at radius 3 is 2.38 bits per heavy atom. The van der Waals surface area contributed by atoms with Gasteiger partial charge in [0, 0.05) is 0 Å². The Bertz CT molecular complexity index is 774. The van der Waals surface area contributed by atoms with Gasteiger partial charge in [0.2, 0.25) is 0 Å². The Kier molecular flexibility index (Phi) is 7.97. The van der Waals surface area contributed by atoms with Gasteiger partial charge in [-0.05, 0) is 18.4 Å². The Morgan fingerprint density at radius 2 is 1.71 bits per heavy atom. The number of hydrogen-bond donors (Lipinski definition) is 0. The molecule has 0 aliphatic heterocycles. The number of hydrogen-bond acceptors (Lipinski definition) is 0. The Balaban J connectivity index is 0.000000438. The van der Waals surface area contributed by atoms with Crippen LogP contribution in [0.3, 0.4) is 0 Å². The summed E-state index contributed by atoms with van der Waals surface area (Å²) in [5.74, 6) is 0. The second-order valence-corrected chi connectivity index (χ2v) is 8.38. The van der Waals surface area contributed by atoms with Gasteiger partial charge in [-0.3, -0.25) is 0 Å². The van der Waals surface area contributed by atoms with Gasteiger partial charge in [-0.15, -0.1) is 41.0 Å². The zero-order chi connectivity index (χ0) is 15.5. The smallest absolute Gasteiger partial charge is 0.0195 e. The Hall–Kier alpha value is -1.33. The van der Waals surface area contributed by atoms with Gasteiger partial charge in [0.15, 0.2) is 0 Å². The molecule has 4 rings (SSSR count). The third-order valence-corrected chi connectivity index (χ3v) is 3.82. The molecule has 0 amide bonds. The van der Waals surface area contributed by atoms with Crippen LogP contribution in [0.1, 0.15) is 37.0 Å². The summed E-state index contributed by atoms with van der Waals surface area (Å²) in [6, 6.07) is 16.7. The molecule has 0 aromatic heterocycles. The predicted octanol–water partition coefficient (Wildman–Crippen LogP) is 6.05. The van der Waals surface area contributed by atoms with Crippen molar-refractivity contribution in [1.29, 1.82) is 0 Å². The minimum Gasteiger partial charge on any atom is -0.358 e. The fourth-order valence-electron chi connectivity index (χ4n) is 2.89. The molecular weight excluding hydrogens is 367 g/mol. The van der Waals surface area contributed by atoms with E-state index >= 15 is 0 Å². The Morgan fingerprint density at radius 1 is 1.00 bits per heavy atom. The second-order valence-electron chi connectivity index (χ2n) is 5.92. The first-order chi connectivity index (χ1) is 10.6. The van der Waals surface area contributed by atoms with E-state index in [4.69, 9.17) is 0 Å². The van der Waals surface area contributed by atoms with Gasteiger partial charge < -0.3 is 14.9 Å². The monoisotopic (exact) mass is 391 g/mol. The maximum absolute atomic E-state index is 3.61. The first-order valence-electron chi connectivity index (χ1n) is 7.66. The fraction of sp³-hybridized carbons (Fsp3) is 0.174. The molecule has 0 fully saturated rings. The molecule has 0 spiro atoms. The first-order valence-corrected chi connectivity index (χ1v) is 8.89. The van der Waals surface area contributed by atoms with E-state index in [9.17, 15) is 0 Å². The summed E-state index contributed by atoms with van der Waals surface area (Å²) in [4.78, 5) is 0. The summed E-state index contributed by atoms with van der Waals surface area (Å²) in [7, 11) is 0. The molecule has 24 heavy (non-hydrogen) atoms. The average Bonchev–Trinajstić information content (AvgIpc) is 3.13. The van der Waals surface area contributed by atoms with E-state index in [0.717, 1.165) is 12.8 Å². The molecular formula is C23H25Zr-3. The third-order valence-electron chi connectivity index (χ3n) is 3.82. The van der Waals surface area contributed by atoms with Gasteiger partial charge in [-0.2, -0.15) is 0 Å². The molecule has 0 atom stereocenters. The number of allylic oxidation sites excluding steroid dienone is 4. The van der Waals surface area contributed by atoms with Crippen molar-refractivity contribution < 1.29 is 24.2 Å². The molecule has 2 aliphatic rings. The molecule has 2 aromatic carbocycles. The summed E-state index contributed by atoms with van der Waals surface area (Å²) in [5.41, 5.74) is 8.16. The van der Waals surface area contributed by atoms with Crippen LogP contribution in [-0.2, 0) is 30.7 Å². The Labute approximate surface area is 162 Å². The predicted molar refractivity (Wildman–Crippen MR) is 104 cm³/mol.